The molecule has 0 amide bonds. The van der Waals surface area contributed by atoms with Crippen LogP contribution in [0.2, 0.25) is 0 Å². The molecule has 1 fully saturated rings. The number of aryl methyl sites for hydroxylation is 1. The van der Waals surface area contributed by atoms with Crippen LogP contribution in [0.25, 0.3) is 0 Å². The number of benzene rings is 1. The second-order valence-electron chi connectivity index (χ2n) is 5.41. The van der Waals surface area contributed by atoms with Crippen molar-refractivity contribution in [3.8, 4) is 5.75 Å². The van der Waals surface area contributed by atoms with Crippen LogP contribution in [0.15, 0.2) is 22.7 Å². The molecule has 2 nitrogen and oxygen atoms in total. The van der Waals surface area contributed by atoms with E-state index in [4.69, 9.17) is 4.74 Å². The highest BCUT2D eigenvalue weighted by atomic mass is 79.9. The van der Waals surface area contributed by atoms with E-state index in [-0.39, 0.29) is 5.41 Å². The van der Waals surface area contributed by atoms with Crippen LogP contribution in [-0.2, 0) is 0 Å². The molecule has 2 atom stereocenters. The monoisotopic (exact) mass is 297 g/mol. The maximum absolute atomic E-state index is 6.14. The van der Waals surface area contributed by atoms with E-state index in [1.807, 2.05) is 13.1 Å². The number of rotatable bonds is 3. The Balaban J connectivity index is 2.10. The zero-order chi connectivity index (χ0) is 12.6. The Hall–Kier alpha value is -0.540. The van der Waals surface area contributed by atoms with Gasteiger partial charge in [0, 0.05) is 22.4 Å². The average molecular weight is 298 g/mol. The Morgan fingerprint density at radius 2 is 2.12 bits per heavy atom. The van der Waals surface area contributed by atoms with Crippen LogP contribution in [0.4, 0.5) is 0 Å². The summed E-state index contributed by atoms with van der Waals surface area (Å²) in [4.78, 5) is 0. The molecule has 1 N–H and O–H groups in total. The summed E-state index contributed by atoms with van der Waals surface area (Å²) in [5, 5.41) is 3.34. The molecule has 0 bridgehead atoms. The number of hydrogen-bond donors (Lipinski definition) is 1. The SMILES string of the molecule is CNC1CC(Oc2cc(Br)ccc2C)C1(C)C. The zero-order valence-corrected chi connectivity index (χ0v) is 12.5. The van der Waals surface area contributed by atoms with Gasteiger partial charge in [-0.1, -0.05) is 35.8 Å². The lowest BCUT2D eigenvalue weighted by atomic mass is 9.64. The first-order valence-electron chi connectivity index (χ1n) is 6.05. The lowest BCUT2D eigenvalue weighted by molar-refractivity contribution is -0.0524. The van der Waals surface area contributed by atoms with E-state index in [0.717, 1.165) is 16.6 Å². The van der Waals surface area contributed by atoms with Crippen molar-refractivity contribution in [3.05, 3.63) is 28.2 Å². The minimum atomic E-state index is 0.198. The molecule has 94 valence electrons. The van der Waals surface area contributed by atoms with E-state index in [1.165, 1.54) is 5.56 Å². The molecule has 0 radical (unpaired) electrons. The molecule has 1 aliphatic rings. The molecule has 0 heterocycles. The summed E-state index contributed by atoms with van der Waals surface area (Å²) < 4.78 is 7.21. The summed E-state index contributed by atoms with van der Waals surface area (Å²) in [6.45, 7) is 6.61. The fraction of sp³-hybridized carbons (Fsp3) is 0.571. The Morgan fingerprint density at radius 1 is 1.41 bits per heavy atom. The van der Waals surface area contributed by atoms with Gasteiger partial charge >= 0.3 is 0 Å². The first-order valence-corrected chi connectivity index (χ1v) is 6.84. The molecule has 0 spiro atoms. The van der Waals surface area contributed by atoms with Crippen LogP contribution in [0.1, 0.15) is 25.8 Å². The number of hydrogen-bond acceptors (Lipinski definition) is 2. The van der Waals surface area contributed by atoms with Gasteiger partial charge in [-0.15, -0.1) is 0 Å². The average Bonchev–Trinajstić information content (AvgIpc) is 2.28. The highest BCUT2D eigenvalue weighted by Crippen LogP contribution is 2.43. The van der Waals surface area contributed by atoms with Crippen LogP contribution >= 0.6 is 15.9 Å². The van der Waals surface area contributed by atoms with E-state index in [0.29, 0.717) is 12.1 Å². The molecule has 0 saturated heterocycles. The van der Waals surface area contributed by atoms with Gasteiger partial charge in [-0.2, -0.15) is 0 Å². The Bertz CT molecular complexity index is 417. The van der Waals surface area contributed by atoms with E-state index in [1.54, 1.807) is 0 Å². The van der Waals surface area contributed by atoms with Crippen LogP contribution in [-0.4, -0.2) is 19.2 Å². The third-order valence-electron chi connectivity index (χ3n) is 3.95. The maximum atomic E-state index is 6.14. The van der Waals surface area contributed by atoms with Crippen LogP contribution in [0.5, 0.6) is 5.75 Å². The lowest BCUT2D eigenvalue weighted by Crippen LogP contribution is -2.61. The first kappa shape index (κ1) is 12.9. The van der Waals surface area contributed by atoms with Gasteiger partial charge in [-0.05, 0) is 31.7 Å². The highest BCUT2D eigenvalue weighted by Gasteiger charge is 2.49. The molecule has 1 aromatic rings. The van der Waals surface area contributed by atoms with Crippen molar-refractivity contribution < 1.29 is 4.74 Å². The number of ether oxygens (including phenoxy) is 1. The zero-order valence-electron chi connectivity index (χ0n) is 10.9. The van der Waals surface area contributed by atoms with Gasteiger partial charge in [0.2, 0.25) is 0 Å². The van der Waals surface area contributed by atoms with Gasteiger partial charge < -0.3 is 10.1 Å². The Morgan fingerprint density at radius 3 is 2.71 bits per heavy atom. The van der Waals surface area contributed by atoms with Gasteiger partial charge in [0.25, 0.3) is 0 Å². The summed E-state index contributed by atoms with van der Waals surface area (Å²) in [5.41, 5.74) is 1.39. The minimum Gasteiger partial charge on any atom is -0.489 e. The quantitative estimate of drug-likeness (QED) is 0.922. The summed E-state index contributed by atoms with van der Waals surface area (Å²) in [5.74, 6) is 0.993. The first-order chi connectivity index (χ1) is 7.95. The molecular weight excluding hydrogens is 278 g/mol. The fourth-order valence-electron chi connectivity index (χ4n) is 2.43. The molecule has 1 aliphatic carbocycles. The summed E-state index contributed by atoms with van der Waals surface area (Å²) >= 11 is 3.49. The molecule has 2 rings (SSSR count). The predicted molar refractivity (Wildman–Crippen MR) is 74.5 cm³/mol. The standard InChI is InChI=1S/C14H20BrNO/c1-9-5-6-10(15)7-11(9)17-13-8-12(16-4)14(13,2)3/h5-7,12-13,16H,8H2,1-4H3. The third-order valence-corrected chi connectivity index (χ3v) is 4.44. The van der Waals surface area contributed by atoms with Crippen LogP contribution in [0.3, 0.4) is 0 Å². The second kappa shape index (κ2) is 4.62. The van der Waals surface area contributed by atoms with Crippen molar-refractivity contribution >= 4 is 15.9 Å². The molecule has 1 aromatic carbocycles. The Labute approximate surface area is 112 Å². The number of halogens is 1. The van der Waals surface area contributed by atoms with Crippen molar-refractivity contribution in [3.63, 3.8) is 0 Å². The van der Waals surface area contributed by atoms with Crippen molar-refractivity contribution in [1.29, 1.82) is 0 Å². The summed E-state index contributed by atoms with van der Waals surface area (Å²) in [6.07, 6.45) is 1.38. The second-order valence-corrected chi connectivity index (χ2v) is 6.33. The van der Waals surface area contributed by atoms with Gasteiger partial charge in [-0.25, -0.2) is 0 Å². The molecule has 2 unspecified atom stereocenters. The third kappa shape index (κ3) is 2.36. The van der Waals surface area contributed by atoms with Gasteiger partial charge in [-0.3, -0.25) is 0 Å². The van der Waals surface area contributed by atoms with E-state index < -0.39 is 0 Å². The van der Waals surface area contributed by atoms with E-state index in [9.17, 15) is 0 Å². The predicted octanol–water partition coefficient (Wildman–Crippen LogP) is 3.52. The largest absolute Gasteiger partial charge is 0.489 e. The van der Waals surface area contributed by atoms with Gasteiger partial charge in [0.1, 0.15) is 11.9 Å². The van der Waals surface area contributed by atoms with Crippen LogP contribution < -0.4 is 10.1 Å². The fourth-order valence-corrected chi connectivity index (χ4v) is 2.77. The molecule has 0 aliphatic heterocycles. The topological polar surface area (TPSA) is 21.3 Å². The Kier molecular flexibility index (Phi) is 3.50. The van der Waals surface area contributed by atoms with E-state index >= 15 is 0 Å². The van der Waals surface area contributed by atoms with Crippen molar-refractivity contribution in [1.82, 2.24) is 5.32 Å². The van der Waals surface area contributed by atoms with Crippen LogP contribution in [0, 0.1) is 12.3 Å². The lowest BCUT2D eigenvalue weighted by Gasteiger charge is -2.51. The molecule has 0 aromatic heterocycles. The van der Waals surface area contributed by atoms with E-state index in [2.05, 4.69) is 54.2 Å². The number of nitrogens with one attached hydrogen (secondary N) is 1. The minimum absolute atomic E-state index is 0.198. The van der Waals surface area contributed by atoms with Gasteiger partial charge in [0.05, 0.1) is 0 Å². The summed E-state index contributed by atoms with van der Waals surface area (Å²) in [6, 6.07) is 6.74. The molecule has 3 heteroatoms. The van der Waals surface area contributed by atoms with Crippen molar-refractivity contribution in [2.75, 3.05) is 7.05 Å². The van der Waals surface area contributed by atoms with Crippen molar-refractivity contribution in [2.24, 2.45) is 5.41 Å². The van der Waals surface area contributed by atoms with Gasteiger partial charge in [0.15, 0.2) is 0 Å². The smallest absolute Gasteiger partial charge is 0.123 e. The normalized spacial score (nSPS) is 26.4. The van der Waals surface area contributed by atoms with Crippen molar-refractivity contribution in [2.45, 2.75) is 39.3 Å². The highest BCUT2D eigenvalue weighted by molar-refractivity contribution is 9.10. The molecule has 17 heavy (non-hydrogen) atoms. The summed E-state index contributed by atoms with van der Waals surface area (Å²) in [7, 11) is 2.02. The molecular formula is C14H20BrNO. The molecule has 1 saturated carbocycles. The maximum Gasteiger partial charge on any atom is 0.123 e.